The van der Waals surface area contributed by atoms with Crippen molar-refractivity contribution in [3.05, 3.63) is 30.1 Å². The van der Waals surface area contributed by atoms with E-state index in [2.05, 4.69) is 5.32 Å². The molecule has 1 amide bonds. The zero-order valence-corrected chi connectivity index (χ0v) is 10.5. The van der Waals surface area contributed by atoms with Crippen LogP contribution in [0, 0.1) is 11.7 Å². The maximum atomic E-state index is 12.8. The van der Waals surface area contributed by atoms with Crippen molar-refractivity contribution in [2.75, 3.05) is 23.4 Å². The quantitative estimate of drug-likeness (QED) is 0.820. The minimum atomic E-state index is -0.371. The Balaban J connectivity index is 2.30. The van der Waals surface area contributed by atoms with Crippen molar-refractivity contribution >= 4 is 23.4 Å². The number of carbonyl (C=O) groups excluding carboxylic acids is 1. The molecule has 5 heteroatoms. The molecule has 0 aliphatic heterocycles. The number of halogens is 1. The van der Waals surface area contributed by atoms with E-state index in [1.807, 2.05) is 6.92 Å². The molecule has 0 bridgehead atoms. The first kappa shape index (κ1) is 14.0. The summed E-state index contributed by atoms with van der Waals surface area (Å²) < 4.78 is 12.8. The van der Waals surface area contributed by atoms with Crippen LogP contribution in [0.2, 0.25) is 0 Å². The maximum Gasteiger partial charge on any atom is 0.234 e. The molecule has 1 aromatic carbocycles. The standard InChI is InChI=1S/C12H16FNO2S/c1-9(6-15)7-17-8-12(16)14-11-4-2-3-10(13)5-11/h2-5,9,15H,6-8H2,1H3,(H,14,16). The number of hydrogen-bond donors (Lipinski definition) is 2. The first-order valence-corrected chi connectivity index (χ1v) is 6.51. The van der Waals surface area contributed by atoms with E-state index in [1.54, 1.807) is 12.1 Å². The van der Waals surface area contributed by atoms with Crippen molar-refractivity contribution in [1.82, 2.24) is 0 Å². The Kier molecular flexibility index (Phi) is 6.00. The molecule has 17 heavy (non-hydrogen) atoms. The summed E-state index contributed by atoms with van der Waals surface area (Å²) in [6, 6.07) is 5.79. The smallest absolute Gasteiger partial charge is 0.234 e. The van der Waals surface area contributed by atoms with Gasteiger partial charge in [0, 0.05) is 12.3 Å². The molecule has 3 nitrogen and oxygen atoms in total. The van der Waals surface area contributed by atoms with Crippen LogP contribution < -0.4 is 5.32 Å². The van der Waals surface area contributed by atoms with Gasteiger partial charge in [-0.15, -0.1) is 0 Å². The van der Waals surface area contributed by atoms with Crippen LogP contribution in [0.3, 0.4) is 0 Å². The van der Waals surface area contributed by atoms with Crippen LogP contribution in [-0.2, 0) is 4.79 Å². The Morgan fingerprint density at radius 2 is 2.35 bits per heavy atom. The molecule has 0 aromatic heterocycles. The fourth-order valence-corrected chi connectivity index (χ4v) is 2.05. The molecular formula is C12H16FNO2S. The molecule has 0 aliphatic rings. The fraction of sp³-hybridized carbons (Fsp3) is 0.417. The number of nitrogens with one attached hydrogen (secondary N) is 1. The zero-order chi connectivity index (χ0) is 12.7. The van der Waals surface area contributed by atoms with Crippen molar-refractivity contribution < 1.29 is 14.3 Å². The number of aliphatic hydroxyl groups is 1. The molecule has 0 fully saturated rings. The van der Waals surface area contributed by atoms with Crippen LogP contribution in [0.4, 0.5) is 10.1 Å². The molecule has 1 atom stereocenters. The van der Waals surface area contributed by atoms with Crippen LogP contribution in [0.15, 0.2) is 24.3 Å². The van der Waals surface area contributed by atoms with E-state index >= 15 is 0 Å². The highest BCUT2D eigenvalue weighted by atomic mass is 32.2. The van der Waals surface area contributed by atoms with Crippen LogP contribution >= 0.6 is 11.8 Å². The van der Waals surface area contributed by atoms with Gasteiger partial charge in [-0.05, 0) is 29.9 Å². The van der Waals surface area contributed by atoms with Crippen molar-refractivity contribution in [2.45, 2.75) is 6.92 Å². The third-order valence-corrected chi connectivity index (χ3v) is 3.33. The van der Waals surface area contributed by atoms with Gasteiger partial charge in [-0.3, -0.25) is 4.79 Å². The van der Waals surface area contributed by atoms with Gasteiger partial charge in [0.1, 0.15) is 5.82 Å². The van der Waals surface area contributed by atoms with Crippen molar-refractivity contribution in [3.63, 3.8) is 0 Å². The lowest BCUT2D eigenvalue weighted by molar-refractivity contribution is -0.113. The molecule has 0 heterocycles. The normalized spacial score (nSPS) is 12.2. The summed E-state index contributed by atoms with van der Waals surface area (Å²) in [5.74, 6) is 0.686. The van der Waals surface area contributed by atoms with Gasteiger partial charge >= 0.3 is 0 Å². The Labute approximate surface area is 104 Å². The molecule has 0 saturated carbocycles. The topological polar surface area (TPSA) is 49.3 Å². The highest BCUT2D eigenvalue weighted by Crippen LogP contribution is 2.11. The number of carbonyl (C=O) groups is 1. The van der Waals surface area contributed by atoms with Crippen molar-refractivity contribution in [3.8, 4) is 0 Å². The van der Waals surface area contributed by atoms with Gasteiger partial charge < -0.3 is 10.4 Å². The summed E-state index contributed by atoms with van der Waals surface area (Å²) in [6.45, 7) is 2.04. The van der Waals surface area contributed by atoms with Gasteiger partial charge in [-0.2, -0.15) is 11.8 Å². The number of benzene rings is 1. The third kappa shape index (κ3) is 5.70. The molecule has 1 aromatic rings. The largest absolute Gasteiger partial charge is 0.396 e. The molecule has 1 unspecified atom stereocenters. The molecule has 94 valence electrons. The van der Waals surface area contributed by atoms with E-state index in [0.717, 1.165) is 5.75 Å². The van der Waals surface area contributed by atoms with Crippen molar-refractivity contribution in [2.24, 2.45) is 5.92 Å². The average molecular weight is 257 g/mol. The summed E-state index contributed by atoms with van der Waals surface area (Å²) in [6.07, 6.45) is 0. The predicted molar refractivity (Wildman–Crippen MR) is 68.6 cm³/mol. The van der Waals surface area contributed by atoms with Crippen LogP contribution in [0.5, 0.6) is 0 Å². The third-order valence-electron chi connectivity index (χ3n) is 2.06. The number of amides is 1. The SMILES string of the molecule is CC(CO)CSCC(=O)Nc1cccc(F)c1. The Morgan fingerprint density at radius 1 is 1.59 bits per heavy atom. The lowest BCUT2D eigenvalue weighted by Crippen LogP contribution is -2.15. The van der Waals surface area contributed by atoms with Gasteiger partial charge in [-0.1, -0.05) is 13.0 Å². The lowest BCUT2D eigenvalue weighted by atomic mass is 10.2. The maximum absolute atomic E-state index is 12.8. The number of rotatable bonds is 6. The average Bonchev–Trinajstić information content (AvgIpc) is 2.28. The van der Waals surface area contributed by atoms with Crippen LogP contribution in [0.1, 0.15) is 6.92 Å². The summed E-state index contributed by atoms with van der Waals surface area (Å²) in [5, 5.41) is 11.4. The molecule has 0 aliphatic carbocycles. The Hall–Kier alpha value is -1.07. The molecule has 1 rings (SSSR count). The van der Waals surface area contributed by atoms with E-state index in [4.69, 9.17) is 5.11 Å². The number of thioether (sulfide) groups is 1. The molecular weight excluding hydrogens is 241 g/mol. The fourth-order valence-electron chi connectivity index (χ4n) is 1.17. The number of anilines is 1. The lowest BCUT2D eigenvalue weighted by Gasteiger charge is -2.07. The minimum absolute atomic E-state index is 0.124. The number of hydrogen-bond acceptors (Lipinski definition) is 3. The second kappa shape index (κ2) is 7.29. The van der Waals surface area contributed by atoms with E-state index in [9.17, 15) is 9.18 Å². The number of aliphatic hydroxyl groups excluding tert-OH is 1. The highest BCUT2D eigenvalue weighted by molar-refractivity contribution is 7.99. The Bertz CT molecular complexity index is 373. The molecule has 0 radical (unpaired) electrons. The molecule has 0 saturated heterocycles. The second-order valence-electron chi connectivity index (χ2n) is 3.86. The van der Waals surface area contributed by atoms with Gasteiger partial charge in [0.05, 0.1) is 5.75 Å². The van der Waals surface area contributed by atoms with Gasteiger partial charge in [-0.25, -0.2) is 4.39 Å². The first-order chi connectivity index (χ1) is 8.11. The highest BCUT2D eigenvalue weighted by Gasteiger charge is 2.05. The van der Waals surface area contributed by atoms with Crippen LogP contribution in [-0.4, -0.2) is 29.1 Å². The second-order valence-corrected chi connectivity index (χ2v) is 4.89. The van der Waals surface area contributed by atoms with Gasteiger partial charge in [0.2, 0.25) is 5.91 Å². The summed E-state index contributed by atoms with van der Waals surface area (Å²) in [7, 11) is 0. The van der Waals surface area contributed by atoms with E-state index in [0.29, 0.717) is 11.4 Å². The van der Waals surface area contributed by atoms with Gasteiger partial charge in [0.15, 0.2) is 0 Å². The van der Waals surface area contributed by atoms with Crippen molar-refractivity contribution in [1.29, 1.82) is 0 Å². The zero-order valence-electron chi connectivity index (χ0n) is 9.65. The van der Waals surface area contributed by atoms with E-state index in [1.165, 1.54) is 23.9 Å². The molecule has 0 spiro atoms. The molecule has 2 N–H and O–H groups in total. The first-order valence-electron chi connectivity index (χ1n) is 5.36. The van der Waals surface area contributed by atoms with E-state index in [-0.39, 0.29) is 24.2 Å². The minimum Gasteiger partial charge on any atom is -0.396 e. The monoisotopic (exact) mass is 257 g/mol. The summed E-state index contributed by atoms with van der Waals surface area (Å²) in [5.41, 5.74) is 0.464. The van der Waals surface area contributed by atoms with E-state index < -0.39 is 0 Å². The van der Waals surface area contributed by atoms with Gasteiger partial charge in [0.25, 0.3) is 0 Å². The summed E-state index contributed by atoms with van der Waals surface area (Å²) >= 11 is 1.45. The summed E-state index contributed by atoms with van der Waals surface area (Å²) in [4.78, 5) is 11.5. The Morgan fingerprint density at radius 3 is 3.00 bits per heavy atom. The van der Waals surface area contributed by atoms with Crippen LogP contribution in [0.25, 0.3) is 0 Å². The predicted octanol–water partition coefficient (Wildman–Crippen LogP) is 2.13.